The highest BCUT2D eigenvalue weighted by Gasteiger charge is 2.29. The Balaban J connectivity index is 1.06. The topological polar surface area (TPSA) is 95.9 Å². The lowest BCUT2D eigenvalue weighted by atomic mass is 9.98. The van der Waals surface area contributed by atoms with Gasteiger partial charge in [-0.2, -0.15) is 0 Å². The predicted molar refractivity (Wildman–Crippen MR) is 133 cm³/mol. The number of benzene rings is 2. The Labute approximate surface area is 207 Å². The number of carbonyl (C=O) groups excluding carboxylic acids is 2. The molecule has 3 aromatic rings. The number of hydrogen-bond donors (Lipinski definition) is 2. The van der Waals surface area contributed by atoms with Crippen LogP contribution in [-0.4, -0.2) is 47.7 Å². The van der Waals surface area contributed by atoms with Crippen molar-refractivity contribution in [2.24, 2.45) is 0 Å². The number of fused-ring (bicyclic) bond motifs is 4. The standard InChI is InChI=1S/C27H26N2O5S/c30-25(29-13-11-23-17(15-29)14-24(35-23)26(31)32)10-5-12-28-27(33)34-16-22-20-8-3-1-6-18(20)19-7-2-4-9-21(19)22/h1-4,6-9,14,22H,5,10-13,15-16H2,(H,28,33)(H,31,32). The molecule has 1 aromatic heterocycles. The molecule has 0 unspecified atom stereocenters. The number of nitrogens with zero attached hydrogens (tertiary/aromatic N) is 1. The van der Waals surface area contributed by atoms with Crippen LogP contribution in [0.2, 0.25) is 0 Å². The van der Waals surface area contributed by atoms with Crippen molar-refractivity contribution in [1.82, 2.24) is 10.2 Å². The van der Waals surface area contributed by atoms with Gasteiger partial charge >= 0.3 is 12.1 Å². The lowest BCUT2D eigenvalue weighted by Crippen LogP contribution is -2.35. The second kappa shape index (κ2) is 9.92. The number of rotatable bonds is 7. The van der Waals surface area contributed by atoms with E-state index in [1.807, 2.05) is 24.3 Å². The zero-order chi connectivity index (χ0) is 24.4. The van der Waals surface area contributed by atoms with Gasteiger partial charge in [-0.15, -0.1) is 11.3 Å². The molecule has 7 nitrogen and oxygen atoms in total. The molecule has 0 bridgehead atoms. The molecule has 1 aliphatic carbocycles. The number of thiophene rings is 1. The third-order valence-electron chi connectivity index (χ3n) is 6.61. The van der Waals surface area contributed by atoms with E-state index in [1.165, 1.54) is 22.5 Å². The normalized spacial score (nSPS) is 14.1. The molecule has 35 heavy (non-hydrogen) atoms. The maximum atomic E-state index is 12.6. The van der Waals surface area contributed by atoms with Gasteiger partial charge in [-0.1, -0.05) is 48.5 Å². The van der Waals surface area contributed by atoms with Gasteiger partial charge in [0.25, 0.3) is 0 Å². The fourth-order valence-corrected chi connectivity index (χ4v) is 5.89. The molecular weight excluding hydrogens is 464 g/mol. The lowest BCUT2D eigenvalue weighted by molar-refractivity contribution is -0.132. The Kier molecular flexibility index (Phi) is 6.55. The summed E-state index contributed by atoms with van der Waals surface area (Å²) in [5.41, 5.74) is 5.61. The minimum atomic E-state index is -0.929. The summed E-state index contributed by atoms with van der Waals surface area (Å²) >= 11 is 1.29. The molecule has 8 heteroatoms. The van der Waals surface area contributed by atoms with Gasteiger partial charge in [0.1, 0.15) is 11.5 Å². The molecule has 180 valence electrons. The van der Waals surface area contributed by atoms with Gasteiger partial charge in [0.05, 0.1) is 0 Å². The average molecular weight is 491 g/mol. The lowest BCUT2D eigenvalue weighted by Gasteiger charge is -2.27. The highest BCUT2D eigenvalue weighted by Crippen LogP contribution is 2.44. The van der Waals surface area contributed by atoms with E-state index in [9.17, 15) is 14.4 Å². The van der Waals surface area contributed by atoms with Gasteiger partial charge < -0.3 is 20.1 Å². The van der Waals surface area contributed by atoms with E-state index in [4.69, 9.17) is 9.84 Å². The summed E-state index contributed by atoms with van der Waals surface area (Å²) in [5.74, 6) is -0.910. The molecule has 0 spiro atoms. The molecule has 1 aliphatic heterocycles. The van der Waals surface area contributed by atoms with Crippen LogP contribution in [0.5, 0.6) is 0 Å². The number of aromatic carboxylic acids is 1. The van der Waals surface area contributed by atoms with Crippen LogP contribution in [0.3, 0.4) is 0 Å². The molecule has 5 rings (SSSR count). The number of amides is 2. The van der Waals surface area contributed by atoms with Gasteiger partial charge in [-0.3, -0.25) is 4.79 Å². The van der Waals surface area contributed by atoms with E-state index in [1.54, 1.807) is 11.0 Å². The fourth-order valence-electron chi connectivity index (χ4n) is 4.89. The molecule has 0 fully saturated rings. The molecule has 0 radical (unpaired) electrons. The van der Waals surface area contributed by atoms with Crippen molar-refractivity contribution in [2.75, 3.05) is 19.7 Å². The first-order chi connectivity index (χ1) is 17.0. The van der Waals surface area contributed by atoms with E-state index < -0.39 is 12.1 Å². The summed E-state index contributed by atoms with van der Waals surface area (Å²) in [7, 11) is 0. The first-order valence-corrected chi connectivity index (χ1v) is 12.5. The van der Waals surface area contributed by atoms with Crippen molar-refractivity contribution in [1.29, 1.82) is 0 Å². The van der Waals surface area contributed by atoms with Crippen molar-refractivity contribution in [3.8, 4) is 11.1 Å². The predicted octanol–water partition coefficient (Wildman–Crippen LogP) is 4.65. The zero-order valence-corrected chi connectivity index (χ0v) is 20.0. The van der Waals surface area contributed by atoms with Crippen LogP contribution in [0.25, 0.3) is 11.1 Å². The van der Waals surface area contributed by atoms with Gasteiger partial charge in [-0.25, -0.2) is 9.59 Å². The number of carbonyl (C=O) groups is 3. The van der Waals surface area contributed by atoms with Gasteiger partial charge in [0, 0.05) is 36.9 Å². The molecule has 2 N–H and O–H groups in total. The number of alkyl carbamates (subject to hydrolysis) is 1. The monoisotopic (exact) mass is 490 g/mol. The van der Waals surface area contributed by atoms with Crippen molar-refractivity contribution in [3.05, 3.63) is 81.0 Å². The van der Waals surface area contributed by atoms with Crippen LogP contribution in [0.15, 0.2) is 54.6 Å². The van der Waals surface area contributed by atoms with Crippen molar-refractivity contribution in [3.63, 3.8) is 0 Å². The van der Waals surface area contributed by atoms with Crippen LogP contribution < -0.4 is 5.32 Å². The van der Waals surface area contributed by atoms with Gasteiger partial charge in [-0.05, 0) is 46.7 Å². The molecule has 0 saturated heterocycles. The highest BCUT2D eigenvalue weighted by molar-refractivity contribution is 7.14. The van der Waals surface area contributed by atoms with Gasteiger partial charge in [0.2, 0.25) is 5.91 Å². The minimum absolute atomic E-state index is 0.00746. The number of carboxylic acid groups (broad SMARTS) is 1. The maximum Gasteiger partial charge on any atom is 0.407 e. The second-order valence-electron chi connectivity index (χ2n) is 8.79. The molecule has 0 saturated carbocycles. The summed E-state index contributed by atoms with van der Waals surface area (Å²) in [6.45, 7) is 1.64. The molecule has 2 aromatic carbocycles. The Hall–Kier alpha value is -3.65. The summed E-state index contributed by atoms with van der Waals surface area (Å²) in [4.78, 5) is 39.2. The van der Waals surface area contributed by atoms with E-state index in [2.05, 4.69) is 29.6 Å². The van der Waals surface area contributed by atoms with Crippen LogP contribution in [-0.2, 0) is 22.5 Å². The van der Waals surface area contributed by atoms with Gasteiger partial charge in [0.15, 0.2) is 0 Å². The Morgan fingerprint density at radius 1 is 1.06 bits per heavy atom. The highest BCUT2D eigenvalue weighted by atomic mass is 32.1. The first kappa shape index (κ1) is 23.1. The first-order valence-electron chi connectivity index (χ1n) is 11.7. The number of hydrogen-bond acceptors (Lipinski definition) is 5. The summed E-state index contributed by atoms with van der Waals surface area (Å²) in [5, 5.41) is 11.9. The third kappa shape index (κ3) is 4.79. The van der Waals surface area contributed by atoms with Crippen molar-refractivity contribution < 1.29 is 24.2 Å². The van der Waals surface area contributed by atoms with E-state index >= 15 is 0 Å². The fraction of sp³-hybridized carbons (Fsp3) is 0.296. The average Bonchev–Trinajstić information content (AvgIpc) is 3.44. The van der Waals surface area contributed by atoms with E-state index in [0.717, 1.165) is 21.6 Å². The quantitative estimate of drug-likeness (QED) is 0.470. The smallest absolute Gasteiger partial charge is 0.407 e. The van der Waals surface area contributed by atoms with Crippen LogP contribution in [0.1, 0.15) is 50.0 Å². The van der Waals surface area contributed by atoms with E-state index in [0.29, 0.717) is 43.8 Å². The summed E-state index contributed by atoms with van der Waals surface area (Å²) in [6.07, 6.45) is 1.02. The summed E-state index contributed by atoms with van der Waals surface area (Å²) < 4.78 is 5.53. The minimum Gasteiger partial charge on any atom is -0.477 e. The molecular formula is C27H26N2O5S. The molecule has 2 heterocycles. The Morgan fingerprint density at radius 2 is 1.74 bits per heavy atom. The van der Waals surface area contributed by atoms with Crippen LogP contribution in [0, 0.1) is 0 Å². The SMILES string of the molecule is O=C(NCCCC(=O)N1CCc2sc(C(=O)O)cc2C1)OCC1c2ccccc2-c2ccccc21. The largest absolute Gasteiger partial charge is 0.477 e. The zero-order valence-electron chi connectivity index (χ0n) is 19.2. The van der Waals surface area contributed by atoms with Crippen LogP contribution in [0.4, 0.5) is 4.79 Å². The Morgan fingerprint density at radius 3 is 2.43 bits per heavy atom. The number of carboxylic acids is 1. The molecule has 0 atom stereocenters. The number of nitrogens with one attached hydrogen (secondary N) is 1. The van der Waals surface area contributed by atoms with Crippen molar-refractivity contribution in [2.45, 2.75) is 31.7 Å². The Bertz CT molecular complexity index is 1240. The maximum absolute atomic E-state index is 12.6. The number of ether oxygens (including phenoxy) is 1. The van der Waals surface area contributed by atoms with Crippen LogP contribution >= 0.6 is 11.3 Å². The summed E-state index contributed by atoms with van der Waals surface area (Å²) in [6, 6.07) is 18.1. The third-order valence-corrected chi connectivity index (χ3v) is 7.84. The second-order valence-corrected chi connectivity index (χ2v) is 9.92. The van der Waals surface area contributed by atoms with E-state index in [-0.39, 0.29) is 18.4 Å². The molecule has 2 aliphatic rings. The molecule has 2 amide bonds. The van der Waals surface area contributed by atoms with Crippen molar-refractivity contribution >= 4 is 29.3 Å².